The SMILES string of the molecule is CCOC1CC(NC(=O)N(C)CC2CC(O)C2)C12CCCCC2. The molecule has 132 valence electrons. The van der Waals surface area contributed by atoms with Crippen LogP contribution in [0.25, 0.3) is 0 Å². The maximum absolute atomic E-state index is 12.5. The van der Waals surface area contributed by atoms with E-state index in [0.29, 0.717) is 12.0 Å². The summed E-state index contributed by atoms with van der Waals surface area (Å²) in [5.74, 6) is 0.460. The minimum Gasteiger partial charge on any atom is -0.393 e. The number of carbonyl (C=O) groups is 1. The van der Waals surface area contributed by atoms with E-state index in [1.54, 1.807) is 4.90 Å². The molecule has 0 aromatic carbocycles. The van der Waals surface area contributed by atoms with Gasteiger partial charge in [0.15, 0.2) is 0 Å². The molecule has 2 atom stereocenters. The van der Waals surface area contributed by atoms with E-state index in [4.69, 9.17) is 4.74 Å². The van der Waals surface area contributed by atoms with E-state index in [1.807, 2.05) is 7.05 Å². The summed E-state index contributed by atoms with van der Waals surface area (Å²) in [6.45, 7) is 3.57. The highest BCUT2D eigenvalue weighted by atomic mass is 16.5. The predicted octanol–water partition coefficient (Wildman–Crippen LogP) is 2.53. The van der Waals surface area contributed by atoms with Gasteiger partial charge in [-0.15, -0.1) is 0 Å². The Hall–Kier alpha value is -0.810. The van der Waals surface area contributed by atoms with Crippen molar-refractivity contribution in [2.45, 2.75) is 76.5 Å². The Balaban J connectivity index is 1.53. The van der Waals surface area contributed by atoms with E-state index in [0.717, 1.165) is 32.4 Å². The highest BCUT2D eigenvalue weighted by Gasteiger charge is 2.56. The fraction of sp³-hybridized carbons (Fsp3) is 0.944. The number of aliphatic hydroxyl groups excluding tert-OH is 1. The van der Waals surface area contributed by atoms with Gasteiger partial charge in [-0.1, -0.05) is 19.3 Å². The molecular formula is C18H32N2O3. The van der Waals surface area contributed by atoms with Crippen molar-refractivity contribution in [3.8, 4) is 0 Å². The van der Waals surface area contributed by atoms with Crippen LogP contribution in [0.2, 0.25) is 0 Å². The molecule has 0 saturated heterocycles. The average Bonchev–Trinajstić information content (AvgIpc) is 2.53. The lowest BCUT2D eigenvalue weighted by atomic mass is 9.55. The predicted molar refractivity (Wildman–Crippen MR) is 89.2 cm³/mol. The molecule has 2 unspecified atom stereocenters. The first-order chi connectivity index (χ1) is 11.0. The van der Waals surface area contributed by atoms with Gasteiger partial charge >= 0.3 is 6.03 Å². The van der Waals surface area contributed by atoms with Crippen LogP contribution in [-0.4, -0.2) is 54.5 Å². The Morgan fingerprint density at radius 3 is 2.57 bits per heavy atom. The van der Waals surface area contributed by atoms with Crippen molar-refractivity contribution in [3.63, 3.8) is 0 Å². The lowest BCUT2D eigenvalue weighted by molar-refractivity contribution is -0.147. The summed E-state index contributed by atoms with van der Waals surface area (Å²) in [7, 11) is 1.87. The third kappa shape index (κ3) is 3.36. The van der Waals surface area contributed by atoms with Crippen molar-refractivity contribution in [1.29, 1.82) is 0 Å². The zero-order valence-corrected chi connectivity index (χ0v) is 14.6. The number of rotatable bonds is 5. The molecule has 5 nitrogen and oxygen atoms in total. The minimum atomic E-state index is -0.152. The van der Waals surface area contributed by atoms with E-state index in [9.17, 15) is 9.90 Å². The van der Waals surface area contributed by atoms with Crippen molar-refractivity contribution in [1.82, 2.24) is 10.2 Å². The molecule has 2 N–H and O–H groups in total. The number of carbonyl (C=O) groups excluding carboxylic acids is 1. The van der Waals surface area contributed by atoms with Crippen molar-refractivity contribution in [2.24, 2.45) is 11.3 Å². The Bertz CT molecular complexity index is 416. The Morgan fingerprint density at radius 2 is 1.96 bits per heavy atom. The van der Waals surface area contributed by atoms with Gasteiger partial charge in [-0.25, -0.2) is 4.79 Å². The summed E-state index contributed by atoms with van der Waals surface area (Å²) in [5.41, 5.74) is 0.178. The summed E-state index contributed by atoms with van der Waals surface area (Å²) >= 11 is 0. The van der Waals surface area contributed by atoms with Gasteiger partial charge in [0, 0.05) is 31.7 Å². The van der Waals surface area contributed by atoms with Gasteiger partial charge in [0.2, 0.25) is 0 Å². The third-order valence-corrected chi connectivity index (χ3v) is 6.32. The van der Waals surface area contributed by atoms with Gasteiger partial charge in [-0.05, 0) is 44.9 Å². The largest absolute Gasteiger partial charge is 0.393 e. The van der Waals surface area contributed by atoms with Gasteiger partial charge in [0.1, 0.15) is 0 Å². The lowest BCUT2D eigenvalue weighted by Gasteiger charge is -2.57. The standard InChI is InChI=1S/C18H32N2O3/c1-3-23-16-11-15(18(16)7-5-4-6-8-18)19-17(22)20(2)12-13-9-14(21)10-13/h13-16,21H,3-12H2,1-2H3,(H,19,22). The number of aliphatic hydroxyl groups is 1. The quantitative estimate of drug-likeness (QED) is 0.817. The van der Waals surface area contributed by atoms with Crippen molar-refractivity contribution in [3.05, 3.63) is 0 Å². The molecule has 2 amide bonds. The zero-order chi connectivity index (χ0) is 16.4. The van der Waals surface area contributed by atoms with Crippen LogP contribution in [0.4, 0.5) is 4.79 Å². The number of urea groups is 1. The molecule has 0 bridgehead atoms. The van der Waals surface area contributed by atoms with Crippen molar-refractivity contribution < 1.29 is 14.6 Å². The van der Waals surface area contributed by atoms with Crippen LogP contribution in [0.15, 0.2) is 0 Å². The first kappa shape index (κ1) is 17.0. The molecule has 3 fully saturated rings. The smallest absolute Gasteiger partial charge is 0.317 e. The summed E-state index contributed by atoms with van der Waals surface area (Å²) in [4.78, 5) is 14.3. The molecule has 1 spiro atoms. The highest BCUT2D eigenvalue weighted by molar-refractivity contribution is 5.74. The van der Waals surface area contributed by atoms with Crippen molar-refractivity contribution >= 4 is 6.03 Å². The Labute approximate surface area is 139 Å². The maximum Gasteiger partial charge on any atom is 0.317 e. The van der Waals surface area contributed by atoms with E-state index in [-0.39, 0.29) is 23.6 Å². The van der Waals surface area contributed by atoms with E-state index in [1.165, 1.54) is 32.1 Å². The Morgan fingerprint density at radius 1 is 1.26 bits per heavy atom. The van der Waals surface area contributed by atoms with Crippen LogP contribution in [0.5, 0.6) is 0 Å². The fourth-order valence-electron chi connectivity index (χ4n) is 4.84. The molecule has 3 saturated carbocycles. The molecule has 3 rings (SSSR count). The van der Waals surface area contributed by atoms with Gasteiger partial charge < -0.3 is 20.1 Å². The second-order valence-corrected chi connectivity index (χ2v) is 7.85. The zero-order valence-electron chi connectivity index (χ0n) is 14.6. The summed E-state index contributed by atoms with van der Waals surface area (Å²) in [6.07, 6.45) is 8.97. The molecule has 0 aliphatic heterocycles. The van der Waals surface area contributed by atoms with Crippen LogP contribution in [-0.2, 0) is 4.74 Å². The lowest BCUT2D eigenvalue weighted by Crippen LogP contribution is -2.66. The van der Waals surface area contributed by atoms with E-state index >= 15 is 0 Å². The summed E-state index contributed by atoms with van der Waals surface area (Å²) < 4.78 is 5.95. The Kier molecular flexibility index (Phi) is 5.16. The number of hydrogen-bond donors (Lipinski definition) is 2. The van der Waals surface area contributed by atoms with Crippen LogP contribution >= 0.6 is 0 Å². The van der Waals surface area contributed by atoms with Crippen LogP contribution < -0.4 is 5.32 Å². The molecule has 0 heterocycles. The third-order valence-electron chi connectivity index (χ3n) is 6.32. The summed E-state index contributed by atoms with van der Waals surface area (Å²) in [6, 6.07) is 0.303. The maximum atomic E-state index is 12.5. The van der Waals surface area contributed by atoms with Gasteiger partial charge in [0.25, 0.3) is 0 Å². The van der Waals surface area contributed by atoms with E-state index < -0.39 is 0 Å². The first-order valence-corrected chi connectivity index (χ1v) is 9.36. The summed E-state index contributed by atoms with van der Waals surface area (Å²) in [5, 5.41) is 12.6. The van der Waals surface area contributed by atoms with Crippen LogP contribution in [0.3, 0.4) is 0 Å². The molecule has 23 heavy (non-hydrogen) atoms. The number of amides is 2. The van der Waals surface area contributed by atoms with Crippen molar-refractivity contribution in [2.75, 3.05) is 20.2 Å². The monoisotopic (exact) mass is 324 g/mol. The first-order valence-electron chi connectivity index (χ1n) is 9.36. The molecule has 0 aromatic heterocycles. The fourth-order valence-corrected chi connectivity index (χ4v) is 4.84. The second-order valence-electron chi connectivity index (χ2n) is 7.85. The molecule has 0 radical (unpaired) electrons. The van der Waals surface area contributed by atoms with Gasteiger partial charge in [0.05, 0.1) is 12.2 Å². The van der Waals surface area contributed by atoms with Gasteiger partial charge in [-0.2, -0.15) is 0 Å². The number of ether oxygens (including phenoxy) is 1. The normalized spacial score (nSPS) is 35.3. The number of nitrogens with one attached hydrogen (secondary N) is 1. The van der Waals surface area contributed by atoms with E-state index in [2.05, 4.69) is 12.2 Å². The number of nitrogens with zero attached hydrogens (tertiary/aromatic N) is 1. The molecule has 3 aliphatic rings. The minimum absolute atomic E-state index is 0.0382. The topological polar surface area (TPSA) is 61.8 Å². The number of hydrogen-bond acceptors (Lipinski definition) is 3. The molecule has 3 aliphatic carbocycles. The molecule has 0 aromatic rings. The van der Waals surface area contributed by atoms with Crippen LogP contribution in [0.1, 0.15) is 58.3 Å². The highest BCUT2D eigenvalue weighted by Crippen LogP contribution is 2.53. The van der Waals surface area contributed by atoms with Gasteiger partial charge in [-0.3, -0.25) is 0 Å². The molecular weight excluding hydrogens is 292 g/mol. The molecule has 5 heteroatoms. The van der Waals surface area contributed by atoms with Crippen LogP contribution in [0, 0.1) is 11.3 Å². The average molecular weight is 324 g/mol. The second kappa shape index (κ2) is 6.98.